The Balaban J connectivity index is 1.94. The van der Waals surface area contributed by atoms with Crippen LogP contribution in [0.3, 0.4) is 0 Å². The number of halogens is 1. The van der Waals surface area contributed by atoms with Crippen LogP contribution in [0.15, 0.2) is 63.8 Å². The van der Waals surface area contributed by atoms with Gasteiger partial charge < -0.3 is 9.15 Å². The van der Waals surface area contributed by atoms with Crippen molar-refractivity contribution in [3.63, 3.8) is 0 Å². The number of hydrogen-bond acceptors (Lipinski definition) is 4. The molecular formula is C19H13ClO4. The fraction of sp³-hybridized carbons (Fsp3) is 0.0526. The molecule has 0 aliphatic carbocycles. The first kappa shape index (κ1) is 16.0. The van der Waals surface area contributed by atoms with Gasteiger partial charge in [-0.3, -0.25) is 4.79 Å². The summed E-state index contributed by atoms with van der Waals surface area (Å²) in [6, 6.07) is 13.6. The number of hydrogen-bond donors (Lipinski definition) is 0. The first-order valence-corrected chi connectivity index (χ1v) is 7.54. The molecule has 0 atom stereocenters. The van der Waals surface area contributed by atoms with Gasteiger partial charge in [-0.25, -0.2) is 4.79 Å². The monoisotopic (exact) mass is 340 g/mol. The lowest BCUT2D eigenvalue weighted by Crippen LogP contribution is -2.11. The second-order valence-electron chi connectivity index (χ2n) is 5.10. The summed E-state index contributed by atoms with van der Waals surface area (Å²) in [6.45, 7) is 0. The molecule has 4 nitrogen and oxygen atoms in total. The maximum atomic E-state index is 12.3. The van der Waals surface area contributed by atoms with Crippen molar-refractivity contribution >= 4 is 34.4 Å². The number of carbonyl (C=O) groups is 1. The van der Waals surface area contributed by atoms with E-state index in [1.165, 1.54) is 12.1 Å². The SMILES string of the molecule is COc1cccc(/C=C/C(=O)c2cc3cc(Cl)ccc3oc2=O)c1. The maximum Gasteiger partial charge on any atom is 0.347 e. The van der Waals surface area contributed by atoms with Crippen LogP contribution in [0.5, 0.6) is 5.75 Å². The number of ether oxygens (including phenoxy) is 1. The summed E-state index contributed by atoms with van der Waals surface area (Å²) in [4.78, 5) is 24.3. The van der Waals surface area contributed by atoms with Crippen LogP contribution in [0.1, 0.15) is 15.9 Å². The Labute approximate surface area is 142 Å². The molecule has 0 bridgehead atoms. The highest BCUT2D eigenvalue weighted by Gasteiger charge is 2.11. The van der Waals surface area contributed by atoms with Gasteiger partial charge in [-0.15, -0.1) is 0 Å². The predicted molar refractivity (Wildman–Crippen MR) is 93.9 cm³/mol. The molecule has 0 fully saturated rings. The standard InChI is InChI=1S/C19H13ClO4/c1-23-15-4-2-3-12(9-15)5-7-17(21)16-11-13-10-14(20)6-8-18(13)24-19(16)22/h2-11H,1H3/b7-5+. The predicted octanol–water partition coefficient (Wildman–Crippen LogP) is 4.35. The Morgan fingerprint density at radius 3 is 2.79 bits per heavy atom. The molecule has 0 N–H and O–H groups in total. The van der Waals surface area contributed by atoms with Crippen molar-refractivity contribution in [2.45, 2.75) is 0 Å². The molecule has 2 aromatic carbocycles. The Hall–Kier alpha value is -2.85. The summed E-state index contributed by atoms with van der Waals surface area (Å²) in [5, 5.41) is 1.10. The smallest absolute Gasteiger partial charge is 0.347 e. The third-order valence-corrected chi connectivity index (χ3v) is 3.72. The van der Waals surface area contributed by atoms with Crippen LogP contribution in [0.4, 0.5) is 0 Å². The molecule has 1 aromatic heterocycles. The highest BCUT2D eigenvalue weighted by atomic mass is 35.5. The molecule has 3 rings (SSSR count). The summed E-state index contributed by atoms with van der Waals surface area (Å²) in [7, 11) is 1.57. The normalized spacial score (nSPS) is 11.1. The number of allylic oxidation sites excluding steroid dienone is 1. The van der Waals surface area contributed by atoms with Gasteiger partial charge in [0.25, 0.3) is 0 Å². The zero-order valence-electron chi connectivity index (χ0n) is 12.8. The van der Waals surface area contributed by atoms with Crippen molar-refractivity contribution in [1.29, 1.82) is 0 Å². The first-order chi connectivity index (χ1) is 11.6. The number of methoxy groups -OCH3 is 1. The van der Waals surface area contributed by atoms with Gasteiger partial charge in [-0.2, -0.15) is 0 Å². The van der Waals surface area contributed by atoms with E-state index in [0.717, 1.165) is 5.56 Å². The summed E-state index contributed by atoms with van der Waals surface area (Å²) in [6.07, 6.45) is 2.95. The molecule has 0 saturated carbocycles. The number of carbonyl (C=O) groups excluding carboxylic acids is 1. The summed E-state index contributed by atoms with van der Waals surface area (Å²) < 4.78 is 10.3. The van der Waals surface area contributed by atoms with Crippen LogP contribution in [0.25, 0.3) is 17.0 Å². The van der Waals surface area contributed by atoms with E-state index < -0.39 is 11.4 Å². The molecule has 0 spiro atoms. The van der Waals surface area contributed by atoms with Crippen molar-refractivity contribution in [2.24, 2.45) is 0 Å². The molecule has 0 aliphatic rings. The minimum absolute atomic E-state index is 0.0380. The molecular weight excluding hydrogens is 328 g/mol. The third-order valence-electron chi connectivity index (χ3n) is 3.48. The molecule has 24 heavy (non-hydrogen) atoms. The fourth-order valence-electron chi connectivity index (χ4n) is 2.27. The molecule has 0 radical (unpaired) electrons. The number of ketones is 1. The average molecular weight is 341 g/mol. The van der Waals surface area contributed by atoms with Crippen molar-refractivity contribution in [3.05, 3.63) is 81.2 Å². The van der Waals surface area contributed by atoms with Gasteiger partial charge in [0.1, 0.15) is 16.9 Å². The molecule has 0 aliphatic heterocycles. The van der Waals surface area contributed by atoms with Crippen LogP contribution in [0.2, 0.25) is 5.02 Å². The van der Waals surface area contributed by atoms with Crippen LogP contribution >= 0.6 is 11.6 Å². The van der Waals surface area contributed by atoms with Gasteiger partial charge in [0, 0.05) is 10.4 Å². The second-order valence-corrected chi connectivity index (χ2v) is 5.54. The van der Waals surface area contributed by atoms with Crippen LogP contribution in [0, 0.1) is 0 Å². The molecule has 0 saturated heterocycles. The minimum atomic E-state index is -0.676. The number of rotatable bonds is 4. The van der Waals surface area contributed by atoms with Gasteiger partial charge in [-0.1, -0.05) is 29.8 Å². The van der Waals surface area contributed by atoms with E-state index >= 15 is 0 Å². The fourth-order valence-corrected chi connectivity index (χ4v) is 2.45. The molecule has 1 heterocycles. The zero-order valence-corrected chi connectivity index (χ0v) is 13.5. The Kier molecular flexibility index (Phi) is 4.49. The van der Waals surface area contributed by atoms with Crippen molar-refractivity contribution in [2.75, 3.05) is 7.11 Å². The average Bonchev–Trinajstić information content (AvgIpc) is 2.59. The molecule has 3 aromatic rings. The lowest BCUT2D eigenvalue weighted by molar-refractivity contribution is 0.104. The van der Waals surface area contributed by atoms with Crippen LogP contribution < -0.4 is 10.4 Å². The quantitative estimate of drug-likeness (QED) is 0.402. The zero-order chi connectivity index (χ0) is 17.1. The topological polar surface area (TPSA) is 56.5 Å². The van der Waals surface area contributed by atoms with E-state index in [-0.39, 0.29) is 5.56 Å². The lowest BCUT2D eigenvalue weighted by Gasteiger charge is -2.01. The van der Waals surface area contributed by atoms with Crippen molar-refractivity contribution in [1.82, 2.24) is 0 Å². The van der Waals surface area contributed by atoms with Crippen LogP contribution in [-0.2, 0) is 0 Å². The van der Waals surface area contributed by atoms with Gasteiger partial charge in [0.15, 0.2) is 5.78 Å². The van der Waals surface area contributed by atoms with Gasteiger partial charge in [-0.05, 0) is 48.0 Å². The first-order valence-electron chi connectivity index (χ1n) is 7.17. The van der Waals surface area contributed by atoms with Crippen molar-refractivity contribution in [3.8, 4) is 5.75 Å². The number of benzene rings is 2. The minimum Gasteiger partial charge on any atom is -0.497 e. The highest BCUT2D eigenvalue weighted by molar-refractivity contribution is 6.31. The van der Waals surface area contributed by atoms with Crippen LogP contribution in [-0.4, -0.2) is 12.9 Å². The summed E-state index contributed by atoms with van der Waals surface area (Å²) in [5.74, 6) is 0.248. The maximum absolute atomic E-state index is 12.3. The van der Waals surface area contributed by atoms with E-state index in [0.29, 0.717) is 21.7 Å². The molecule has 120 valence electrons. The summed E-state index contributed by atoms with van der Waals surface area (Å²) in [5.41, 5.74) is 0.461. The second kappa shape index (κ2) is 6.72. The van der Waals surface area contributed by atoms with E-state index in [1.807, 2.05) is 12.1 Å². The Morgan fingerprint density at radius 1 is 1.17 bits per heavy atom. The van der Waals surface area contributed by atoms with E-state index in [2.05, 4.69) is 0 Å². The molecule has 0 unspecified atom stereocenters. The largest absolute Gasteiger partial charge is 0.497 e. The lowest BCUT2D eigenvalue weighted by atomic mass is 10.1. The van der Waals surface area contributed by atoms with Crippen molar-refractivity contribution < 1.29 is 13.9 Å². The molecule has 5 heteroatoms. The molecule has 0 amide bonds. The highest BCUT2D eigenvalue weighted by Crippen LogP contribution is 2.19. The van der Waals surface area contributed by atoms with Gasteiger partial charge >= 0.3 is 5.63 Å². The number of fused-ring (bicyclic) bond motifs is 1. The van der Waals surface area contributed by atoms with Gasteiger partial charge in [0.2, 0.25) is 0 Å². The third kappa shape index (κ3) is 3.39. The van der Waals surface area contributed by atoms with E-state index in [9.17, 15) is 9.59 Å². The van der Waals surface area contributed by atoms with E-state index in [4.69, 9.17) is 20.8 Å². The summed E-state index contributed by atoms with van der Waals surface area (Å²) >= 11 is 5.93. The van der Waals surface area contributed by atoms with E-state index in [1.54, 1.807) is 43.5 Å². The van der Waals surface area contributed by atoms with Gasteiger partial charge in [0.05, 0.1) is 7.11 Å². The Morgan fingerprint density at radius 2 is 2.00 bits per heavy atom. The Bertz CT molecular complexity index is 1000.